The summed E-state index contributed by atoms with van der Waals surface area (Å²) in [6.07, 6.45) is 0.437. The zero-order valence-electron chi connectivity index (χ0n) is 15.7. The van der Waals surface area contributed by atoms with Crippen LogP contribution in [0.3, 0.4) is 0 Å². The van der Waals surface area contributed by atoms with Gasteiger partial charge >= 0.3 is 0 Å². The lowest BCUT2D eigenvalue weighted by molar-refractivity contribution is -0.126. The van der Waals surface area contributed by atoms with Gasteiger partial charge in [0.15, 0.2) is 11.5 Å². The lowest BCUT2D eigenvalue weighted by atomic mass is 10.1. The maximum Gasteiger partial charge on any atom is 0.233 e. The third-order valence-corrected chi connectivity index (χ3v) is 3.85. The van der Waals surface area contributed by atoms with E-state index in [2.05, 4.69) is 10.6 Å². The minimum absolute atomic E-state index is 0.272. The third-order valence-electron chi connectivity index (χ3n) is 3.85. The molecular formula is C20H24N2O5. The molecular weight excluding hydrogens is 348 g/mol. The number of carbonyl (C=O) groups excluding carboxylic acids is 2. The highest BCUT2D eigenvalue weighted by Crippen LogP contribution is 2.39. The molecule has 0 aromatic heterocycles. The van der Waals surface area contributed by atoms with Crippen LogP contribution in [0.4, 0.5) is 5.69 Å². The lowest BCUT2D eigenvalue weighted by Crippen LogP contribution is -2.29. The van der Waals surface area contributed by atoms with Gasteiger partial charge in [0.2, 0.25) is 17.6 Å². The minimum atomic E-state index is -0.429. The largest absolute Gasteiger partial charge is 0.493 e. The Labute approximate surface area is 158 Å². The average molecular weight is 372 g/mol. The molecule has 0 aliphatic carbocycles. The van der Waals surface area contributed by atoms with Crippen molar-refractivity contribution < 1.29 is 23.8 Å². The zero-order valence-corrected chi connectivity index (χ0v) is 15.7. The van der Waals surface area contributed by atoms with Gasteiger partial charge in [0.05, 0.1) is 21.3 Å². The van der Waals surface area contributed by atoms with Crippen molar-refractivity contribution in [2.24, 2.45) is 0 Å². The van der Waals surface area contributed by atoms with E-state index in [1.807, 2.05) is 30.3 Å². The summed E-state index contributed by atoms with van der Waals surface area (Å²) in [5.74, 6) is 0.493. The summed E-state index contributed by atoms with van der Waals surface area (Å²) in [5, 5.41) is 5.41. The molecule has 0 atom stereocenters. The number of hydrogen-bond donors (Lipinski definition) is 2. The van der Waals surface area contributed by atoms with Crippen LogP contribution in [0, 0.1) is 0 Å². The standard InChI is InChI=1S/C20H24N2O5/c1-25-16-11-15(12-17(26-2)20(16)27-3)22-19(24)13-18(23)21-10-9-14-7-5-4-6-8-14/h4-8,11-12H,9-10,13H2,1-3H3,(H,21,23)(H,22,24). The predicted molar refractivity (Wildman–Crippen MR) is 103 cm³/mol. The number of methoxy groups -OCH3 is 3. The minimum Gasteiger partial charge on any atom is -0.493 e. The number of amides is 2. The van der Waals surface area contributed by atoms with Crippen LogP contribution in [0.5, 0.6) is 17.2 Å². The number of rotatable bonds is 9. The van der Waals surface area contributed by atoms with E-state index in [0.29, 0.717) is 35.9 Å². The Morgan fingerprint density at radius 2 is 1.52 bits per heavy atom. The van der Waals surface area contributed by atoms with Gasteiger partial charge < -0.3 is 24.8 Å². The fraction of sp³-hybridized carbons (Fsp3) is 0.300. The van der Waals surface area contributed by atoms with E-state index in [0.717, 1.165) is 5.56 Å². The van der Waals surface area contributed by atoms with Crippen molar-refractivity contribution in [1.82, 2.24) is 5.32 Å². The van der Waals surface area contributed by atoms with Gasteiger partial charge in [0.25, 0.3) is 0 Å². The number of nitrogens with one attached hydrogen (secondary N) is 2. The summed E-state index contributed by atoms with van der Waals surface area (Å²) in [4.78, 5) is 24.1. The first-order valence-electron chi connectivity index (χ1n) is 8.47. The number of hydrogen-bond acceptors (Lipinski definition) is 5. The van der Waals surface area contributed by atoms with Crippen molar-refractivity contribution in [3.8, 4) is 17.2 Å². The Morgan fingerprint density at radius 3 is 2.07 bits per heavy atom. The molecule has 0 saturated heterocycles. The molecule has 0 spiro atoms. The summed E-state index contributed by atoms with van der Waals surface area (Å²) in [6.45, 7) is 0.473. The molecule has 0 heterocycles. The van der Waals surface area contributed by atoms with Gasteiger partial charge in [-0.1, -0.05) is 30.3 Å². The van der Waals surface area contributed by atoms with Crippen LogP contribution in [0.2, 0.25) is 0 Å². The van der Waals surface area contributed by atoms with Crippen LogP contribution in [0.25, 0.3) is 0 Å². The van der Waals surface area contributed by atoms with Crippen molar-refractivity contribution in [2.45, 2.75) is 12.8 Å². The third kappa shape index (κ3) is 5.91. The molecule has 0 aliphatic rings. The molecule has 7 heteroatoms. The van der Waals surface area contributed by atoms with E-state index < -0.39 is 5.91 Å². The fourth-order valence-corrected chi connectivity index (χ4v) is 2.56. The van der Waals surface area contributed by atoms with E-state index in [1.54, 1.807) is 12.1 Å². The molecule has 0 aliphatic heterocycles. The molecule has 27 heavy (non-hydrogen) atoms. The molecule has 0 radical (unpaired) electrons. The number of ether oxygens (including phenoxy) is 3. The second kappa shape index (κ2) is 10.1. The van der Waals surface area contributed by atoms with E-state index in [-0.39, 0.29) is 12.3 Å². The summed E-state index contributed by atoms with van der Waals surface area (Å²) < 4.78 is 15.7. The quantitative estimate of drug-likeness (QED) is 0.660. The highest BCUT2D eigenvalue weighted by Gasteiger charge is 2.15. The molecule has 7 nitrogen and oxygen atoms in total. The van der Waals surface area contributed by atoms with Crippen LogP contribution in [0.1, 0.15) is 12.0 Å². The van der Waals surface area contributed by atoms with Gasteiger partial charge in [-0.15, -0.1) is 0 Å². The SMILES string of the molecule is COc1cc(NC(=O)CC(=O)NCCc2ccccc2)cc(OC)c1OC. The Kier molecular flexibility index (Phi) is 7.49. The van der Waals surface area contributed by atoms with Gasteiger partial charge in [-0.25, -0.2) is 0 Å². The van der Waals surface area contributed by atoms with Gasteiger partial charge in [-0.05, 0) is 12.0 Å². The van der Waals surface area contributed by atoms with Gasteiger partial charge in [0, 0.05) is 24.4 Å². The van der Waals surface area contributed by atoms with Crippen LogP contribution in [0.15, 0.2) is 42.5 Å². The Hall–Kier alpha value is -3.22. The summed E-state index contributed by atoms with van der Waals surface area (Å²) in [5.41, 5.74) is 1.58. The van der Waals surface area contributed by atoms with Crippen molar-refractivity contribution >= 4 is 17.5 Å². The number of carbonyl (C=O) groups is 2. The van der Waals surface area contributed by atoms with Crippen molar-refractivity contribution in [1.29, 1.82) is 0 Å². The van der Waals surface area contributed by atoms with Crippen molar-refractivity contribution in [3.63, 3.8) is 0 Å². The smallest absolute Gasteiger partial charge is 0.233 e. The van der Waals surface area contributed by atoms with Crippen molar-refractivity contribution in [3.05, 3.63) is 48.0 Å². The Balaban J connectivity index is 1.88. The molecule has 0 unspecified atom stereocenters. The molecule has 2 aromatic carbocycles. The Morgan fingerprint density at radius 1 is 0.889 bits per heavy atom. The van der Waals surface area contributed by atoms with Gasteiger partial charge in [-0.3, -0.25) is 9.59 Å². The Bertz CT molecular complexity index is 752. The first-order chi connectivity index (χ1) is 13.1. The average Bonchev–Trinajstić information content (AvgIpc) is 2.67. The first kappa shape index (κ1) is 20.1. The maximum absolute atomic E-state index is 12.1. The second-order valence-corrected chi connectivity index (χ2v) is 5.72. The summed E-state index contributed by atoms with van der Waals surface area (Å²) >= 11 is 0. The molecule has 2 rings (SSSR count). The van der Waals surface area contributed by atoms with Crippen LogP contribution in [-0.4, -0.2) is 39.7 Å². The lowest BCUT2D eigenvalue weighted by Gasteiger charge is -2.14. The molecule has 0 bridgehead atoms. The van der Waals surface area contributed by atoms with Gasteiger partial charge in [-0.2, -0.15) is 0 Å². The van der Waals surface area contributed by atoms with E-state index >= 15 is 0 Å². The van der Waals surface area contributed by atoms with Crippen LogP contribution in [-0.2, 0) is 16.0 Å². The molecule has 0 saturated carbocycles. The molecule has 144 valence electrons. The molecule has 2 aromatic rings. The van der Waals surface area contributed by atoms with Crippen LogP contribution >= 0.6 is 0 Å². The normalized spacial score (nSPS) is 10.0. The predicted octanol–water partition coefficient (Wildman–Crippen LogP) is 2.40. The topological polar surface area (TPSA) is 85.9 Å². The van der Waals surface area contributed by atoms with Gasteiger partial charge in [0.1, 0.15) is 6.42 Å². The molecule has 2 amide bonds. The van der Waals surface area contributed by atoms with Crippen LogP contribution < -0.4 is 24.8 Å². The highest BCUT2D eigenvalue weighted by atomic mass is 16.5. The fourth-order valence-electron chi connectivity index (χ4n) is 2.56. The second-order valence-electron chi connectivity index (χ2n) is 5.72. The monoisotopic (exact) mass is 372 g/mol. The zero-order chi connectivity index (χ0) is 19.6. The molecule has 2 N–H and O–H groups in total. The van der Waals surface area contributed by atoms with Crippen molar-refractivity contribution in [2.75, 3.05) is 33.2 Å². The maximum atomic E-state index is 12.1. The highest BCUT2D eigenvalue weighted by molar-refractivity contribution is 6.03. The summed E-state index contributed by atoms with van der Waals surface area (Å²) in [7, 11) is 4.48. The molecule has 0 fully saturated rings. The number of benzene rings is 2. The van der Waals surface area contributed by atoms with E-state index in [1.165, 1.54) is 21.3 Å². The number of anilines is 1. The summed E-state index contributed by atoms with van der Waals surface area (Å²) in [6, 6.07) is 13.0. The first-order valence-corrected chi connectivity index (χ1v) is 8.47. The van der Waals surface area contributed by atoms with E-state index in [4.69, 9.17) is 14.2 Å². The van der Waals surface area contributed by atoms with E-state index in [9.17, 15) is 9.59 Å².